The van der Waals surface area contributed by atoms with Gasteiger partial charge in [0.2, 0.25) is 23.6 Å². The summed E-state index contributed by atoms with van der Waals surface area (Å²) in [6, 6.07) is 30.2. The van der Waals surface area contributed by atoms with Crippen LogP contribution in [0, 0.1) is 12.7 Å². The number of rotatable bonds is 5. The summed E-state index contributed by atoms with van der Waals surface area (Å²) in [5, 5.41) is 1.52. The first-order chi connectivity index (χ1) is 23.9. The molecule has 0 radical (unpaired) electrons. The van der Waals surface area contributed by atoms with Gasteiger partial charge in [0.25, 0.3) is 5.91 Å². The quantitative estimate of drug-likeness (QED) is 0.119. The van der Waals surface area contributed by atoms with Gasteiger partial charge in [-0.15, -0.1) is 0 Å². The molecule has 15 heteroatoms. The molecule has 5 aromatic rings. The Hall–Kier alpha value is -5.95. The van der Waals surface area contributed by atoms with Crippen molar-refractivity contribution in [3.8, 4) is 0 Å². The van der Waals surface area contributed by atoms with E-state index in [-0.39, 0.29) is 5.56 Å². The number of amides is 5. The molecule has 0 aliphatic heterocycles. The number of hydrogen-bond acceptors (Lipinski definition) is 6. The van der Waals surface area contributed by atoms with Crippen LogP contribution in [-0.4, -0.2) is 29.5 Å². The van der Waals surface area contributed by atoms with Gasteiger partial charge in [0.15, 0.2) is 0 Å². The van der Waals surface area contributed by atoms with Crippen molar-refractivity contribution in [1.29, 1.82) is 0 Å². The minimum Gasteiger partial charge on any atom is -0.398 e. The highest BCUT2D eigenvalue weighted by atomic mass is 35.5. The van der Waals surface area contributed by atoms with Crippen molar-refractivity contribution in [1.82, 2.24) is 0 Å². The van der Waals surface area contributed by atoms with Crippen LogP contribution in [-0.2, 0) is 0 Å². The normalized spacial score (nSPS) is 9.35. The van der Waals surface area contributed by atoms with Gasteiger partial charge in [-0.1, -0.05) is 71.2 Å². The monoisotopic (exact) mass is 754 g/mol. The Morgan fingerprint density at radius 3 is 1.35 bits per heavy atom. The minimum atomic E-state index is -0.738. The molecule has 5 rings (SSSR count). The number of nitrogen functional groups attached to an aromatic ring is 1. The topological polar surface area (TPSA) is 241 Å². The Kier molecular flexibility index (Phi) is 18.5. The lowest BCUT2D eigenvalue weighted by molar-refractivity contribution is 0.0988. The maximum atomic E-state index is 12.5. The summed E-state index contributed by atoms with van der Waals surface area (Å²) >= 11 is 16.8. The molecule has 0 bridgehead atoms. The van der Waals surface area contributed by atoms with Gasteiger partial charge in [0.1, 0.15) is 5.82 Å². The lowest BCUT2D eigenvalue weighted by Gasteiger charge is -2.00. The van der Waals surface area contributed by atoms with Crippen LogP contribution < -0.4 is 34.4 Å². The van der Waals surface area contributed by atoms with Crippen molar-refractivity contribution >= 4 is 70.0 Å². The Bertz CT molecular complexity index is 1920. The van der Waals surface area contributed by atoms with Crippen LogP contribution >= 0.6 is 34.8 Å². The second-order valence-electron chi connectivity index (χ2n) is 9.87. The van der Waals surface area contributed by atoms with Crippen molar-refractivity contribution in [2.24, 2.45) is 28.7 Å². The van der Waals surface area contributed by atoms with E-state index in [9.17, 15) is 28.4 Å². The number of primary amides is 5. The molecule has 0 fully saturated rings. The first-order valence-corrected chi connectivity index (χ1v) is 15.4. The SMILES string of the molecule is Cc1ccc(C(N)=O)cc1N.NC(=O)c1ccc(Cl)cc1.NC(=O)c1cccc(Cl)c1.NC(=O)c1ccccc1Cl.NC(=O)c1ccccc1F. The third-order valence-corrected chi connectivity index (χ3v) is 6.90. The lowest BCUT2D eigenvalue weighted by atomic mass is 10.1. The second-order valence-corrected chi connectivity index (χ2v) is 11.1. The molecule has 5 amide bonds. The number of anilines is 1. The van der Waals surface area contributed by atoms with Gasteiger partial charge < -0.3 is 34.4 Å². The Balaban J connectivity index is 0.000000319. The molecule has 0 saturated heterocycles. The fourth-order valence-corrected chi connectivity index (χ4v) is 3.92. The summed E-state index contributed by atoms with van der Waals surface area (Å²) in [6.07, 6.45) is 0. The van der Waals surface area contributed by atoms with Gasteiger partial charge in [0, 0.05) is 32.4 Å². The van der Waals surface area contributed by atoms with E-state index in [1.54, 1.807) is 91.0 Å². The van der Waals surface area contributed by atoms with Crippen LogP contribution in [0.5, 0.6) is 0 Å². The van der Waals surface area contributed by atoms with Gasteiger partial charge in [0.05, 0.1) is 16.1 Å². The molecule has 0 aromatic heterocycles. The molecule has 0 spiro atoms. The highest BCUT2D eigenvalue weighted by Crippen LogP contribution is 2.14. The fourth-order valence-electron chi connectivity index (χ4n) is 3.37. The average Bonchev–Trinajstić information content (AvgIpc) is 3.07. The summed E-state index contributed by atoms with van der Waals surface area (Å²) in [5.74, 6) is -3.14. The number of carbonyl (C=O) groups excluding carboxylic acids is 5. The Labute approximate surface area is 308 Å². The molecule has 0 heterocycles. The first-order valence-electron chi connectivity index (χ1n) is 14.3. The molecular formula is C36H34Cl3FN6O5. The third kappa shape index (κ3) is 16.3. The van der Waals surface area contributed by atoms with Gasteiger partial charge in [-0.3, -0.25) is 24.0 Å². The highest BCUT2D eigenvalue weighted by Gasteiger charge is 2.05. The van der Waals surface area contributed by atoms with Crippen LogP contribution in [0.3, 0.4) is 0 Å². The van der Waals surface area contributed by atoms with Crippen molar-refractivity contribution in [3.63, 3.8) is 0 Å². The molecule has 11 nitrogen and oxygen atoms in total. The van der Waals surface area contributed by atoms with E-state index in [4.69, 9.17) is 69.2 Å². The zero-order chi connectivity index (χ0) is 38.7. The molecule has 0 aliphatic carbocycles. The Morgan fingerprint density at radius 2 is 0.961 bits per heavy atom. The van der Waals surface area contributed by atoms with Crippen LogP contribution in [0.2, 0.25) is 15.1 Å². The number of nitrogens with two attached hydrogens (primary N) is 6. The predicted octanol–water partition coefficient (Wildman–Crippen LogP) is 5.92. The number of benzene rings is 5. The van der Waals surface area contributed by atoms with Crippen molar-refractivity contribution < 1.29 is 28.4 Å². The van der Waals surface area contributed by atoms with E-state index in [0.29, 0.717) is 43.0 Å². The molecule has 12 N–H and O–H groups in total. The van der Waals surface area contributed by atoms with E-state index in [1.165, 1.54) is 24.3 Å². The predicted molar refractivity (Wildman–Crippen MR) is 199 cm³/mol. The molecule has 0 atom stereocenters. The van der Waals surface area contributed by atoms with Crippen LogP contribution in [0.15, 0.2) is 115 Å². The number of carbonyl (C=O) groups is 5. The van der Waals surface area contributed by atoms with E-state index in [2.05, 4.69) is 0 Å². The summed E-state index contributed by atoms with van der Waals surface area (Å²) in [7, 11) is 0. The largest absolute Gasteiger partial charge is 0.398 e. The summed E-state index contributed by atoms with van der Waals surface area (Å²) in [4.78, 5) is 52.6. The fraction of sp³-hybridized carbons (Fsp3) is 0.0278. The van der Waals surface area contributed by atoms with Gasteiger partial charge in [-0.25, -0.2) is 4.39 Å². The maximum Gasteiger partial charge on any atom is 0.251 e. The standard InChI is InChI=1S/C8H10N2O.3C7H6ClNO.C7H6FNO/c1-5-2-3-6(8(10)11)4-7(5)9;8-6-3-1-5(2-4-6)7(9)10;8-6-3-1-2-5(4-6)7(9)10;2*8-6-4-2-1-3-5(6)7(9)10/h2-4H,9H2,1H3,(H2,10,11);4*1-4H,(H2,9,10). The molecule has 0 aliphatic rings. The minimum absolute atomic E-state index is 0.0671. The van der Waals surface area contributed by atoms with Gasteiger partial charge in [-0.05, 0) is 91.3 Å². The van der Waals surface area contributed by atoms with E-state index >= 15 is 0 Å². The average molecular weight is 756 g/mol. The number of hydrogen-bond donors (Lipinski definition) is 6. The van der Waals surface area contributed by atoms with E-state index in [0.717, 1.165) is 5.56 Å². The maximum absolute atomic E-state index is 12.5. The summed E-state index contributed by atoms with van der Waals surface area (Å²) in [6.45, 7) is 1.88. The molecule has 51 heavy (non-hydrogen) atoms. The molecule has 0 saturated carbocycles. The Morgan fingerprint density at radius 1 is 0.490 bits per heavy atom. The van der Waals surface area contributed by atoms with Gasteiger partial charge in [-0.2, -0.15) is 0 Å². The smallest absolute Gasteiger partial charge is 0.251 e. The van der Waals surface area contributed by atoms with Crippen molar-refractivity contribution in [3.05, 3.63) is 170 Å². The number of halogens is 4. The van der Waals surface area contributed by atoms with Crippen LogP contribution in [0.1, 0.15) is 57.4 Å². The first kappa shape index (κ1) is 43.1. The third-order valence-electron chi connectivity index (χ3n) is 6.08. The van der Waals surface area contributed by atoms with Crippen LogP contribution in [0.25, 0.3) is 0 Å². The number of aryl methyl sites for hydroxylation is 1. The van der Waals surface area contributed by atoms with Crippen LogP contribution in [0.4, 0.5) is 10.1 Å². The summed E-state index contributed by atoms with van der Waals surface area (Å²) in [5.41, 5.74) is 33.6. The summed E-state index contributed by atoms with van der Waals surface area (Å²) < 4.78 is 12.5. The van der Waals surface area contributed by atoms with E-state index < -0.39 is 35.4 Å². The highest BCUT2D eigenvalue weighted by molar-refractivity contribution is 6.33. The molecular weight excluding hydrogens is 722 g/mol. The van der Waals surface area contributed by atoms with E-state index in [1.807, 2.05) is 6.92 Å². The zero-order valence-electron chi connectivity index (χ0n) is 27.0. The second kappa shape index (κ2) is 21.9. The lowest BCUT2D eigenvalue weighted by Crippen LogP contribution is -2.12. The molecule has 5 aromatic carbocycles. The molecule has 0 unspecified atom stereocenters. The van der Waals surface area contributed by atoms with Crippen molar-refractivity contribution in [2.45, 2.75) is 6.92 Å². The zero-order valence-corrected chi connectivity index (χ0v) is 29.3. The van der Waals surface area contributed by atoms with Crippen molar-refractivity contribution in [2.75, 3.05) is 5.73 Å². The molecule has 266 valence electrons. The van der Waals surface area contributed by atoms with Gasteiger partial charge >= 0.3 is 0 Å².